The standard InChI is InChI=1S/C4H7OP/c5-6-3-1-2-4-6/h1,3,6H,2,4H2. The predicted octanol–water partition coefficient (Wildman–Crippen LogP) is 1.46. The summed E-state index contributed by atoms with van der Waals surface area (Å²) < 4.78 is 10.3. The van der Waals surface area contributed by atoms with E-state index in [1.165, 1.54) is 0 Å². The van der Waals surface area contributed by atoms with Crippen molar-refractivity contribution in [1.82, 2.24) is 0 Å². The Morgan fingerprint density at radius 1 is 1.67 bits per heavy atom. The molecule has 0 aromatic rings. The molecule has 2 heteroatoms. The van der Waals surface area contributed by atoms with E-state index < -0.39 is 7.80 Å². The van der Waals surface area contributed by atoms with Gasteiger partial charge in [-0.1, -0.05) is 6.08 Å². The van der Waals surface area contributed by atoms with Crippen LogP contribution in [0.1, 0.15) is 6.42 Å². The molecule has 0 aromatic heterocycles. The van der Waals surface area contributed by atoms with E-state index in [0.29, 0.717) is 0 Å². The van der Waals surface area contributed by atoms with E-state index in [2.05, 4.69) is 0 Å². The van der Waals surface area contributed by atoms with Crippen molar-refractivity contribution in [2.75, 3.05) is 6.16 Å². The fraction of sp³-hybridized carbons (Fsp3) is 0.500. The van der Waals surface area contributed by atoms with E-state index in [0.717, 1.165) is 12.6 Å². The first-order valence-corrected chi connectivity index (χ1v) is 3.78. The quantitative estimate of drug-likeness (QED) is 0.423. The van der Waals surface area contributed by atoms with E-state index >= 15 is 0 Å². The minimum atomic E-state index is -1.19. The molecule has 0 fully saturated rings. The summed E-state index contributed by atoms with van der Waals surface area (Å²) in [6.45, 7) is 0. The van der Waals surface area contributed by atoms with E-state index in [9.17, 15) is 4.57 Å². The van der Waals surface area contributed by atoms with Crippen molar-refractivity contribution in [3.05, 3.63) is 11.9 Å². The maximum absolute atomic E-state index is 10.3. The van der Waals surface area contributed by atoms with Crippen molar-refractivity contribution in [2.45, 2.75) is 6.42 Å². The molecule has 1 aliphatic rings. The summed E-state index contributed by atoms with van der Waals surface area (Å²) in [6, 6.07) is 0. The van der Waals surface area contributed by atoms with Crippen LogP contribution in [0.4, 0.5) is 0 Å². The molecule has 0 aromatic carbocycles. The Bertz CT molecular complexity index is 95.7. The molecule has 1 heterocycles. The molecule has 34 valence electrons. The van der Waals surface area contributed by atoms with E-state index in [-0.39, 0.29) is 0 Å². The lowest BCUT2D eigenvalue weighted by Crippen LogP contribution is -1.57. The Morgan fingerprint density at radius 2 is 2.50 bits per heavy atom. The predicted molar refractivity (Wildman–Crippen MR) is 27.6 cm³/mol. The maximum atomic E-state index is 10.3. The monoisotopic (exact) mass is 102 g/mol. The fourth-order valence-corrected chi connectivity index (χ4v) is 1.57. The van der Waals surface area contributed by atoms with Gasteiger partial charge in [0.15, 0.2) is 0 Å². The lowest BCUT2D eigenvalue weighted by Gasteiger charge is -1.73. The second-order valence-corrected chi connectivity index (χ2v) is 3.17. The van der Waals surface area contributed by atoms with Crippen LogP contribution in [0.3, 0.4) is 0 Å². The van der Waals surface area contributed by atoms with Crippen LogP contribution in [0.2, 0.25) is 0 Å². The molecule has 0 radical (unpaired) electrons. The van der Waals surface area contributed by atoms with Gasteiger partial charge in [-0.25, -0.2) is 0 Å². The van der Waals surface area contributed by atoms with Crippen LogP contribution < -0.4 is 0 Å². The first-order chi connectivity index (χ1) is 2.89. The molecule has 0 bridgehead atoms. The van der Waals surface area contributed by atoms with Crippen molar-refractivity contribution in [1.29, 1.82) is 0 Å². The molecule has 0 N–H and O–H groups in total. The fourth-order valence-electron chi connectivity index (χ4n) is 0.524. The normalized spacial score (nSPS) is 31.7. The van der Waals surface area contributed by atoms with Gasteiger partial charge in [0.25, 0.3) is 0 Å². The summed E-state index contributed by atoms with van der Waals surface area (Å²) >= 11 is 0. The summed E-state index contributed by atoms with van der Waals surface area (Å²) in [7, 11) is -1.19. The Hall–Kier alpha value is -0.0300. The van der Waals surface area contributed by atoms with Crippen molar-refractivity contribution >= 4 is 7.80 Å². The van der Waals surface area contributed by atoms with E-state index in [4.69, 9.17) is 0 Å². The molecule has 0 aliphatic carbocycles. The number of hydrogen-bond donors (Lipinski definition) is 0. The third-order valence-electron chi connectivity index (χ3n) is 0.861. The molecule has 0 amide bonds. The molecule has 1 atom stereocenters. The minimum Gasteiger partial charge on any atom is -0.323 e. The van der Waals surface area contributed by atoms with Crippen molar-refractivity contribution in [3.63, 3.8) is 0 Å². The van der Waals surface area contributed by atoms with Gasteiger partial charge in [-0.3, -0.25) is 0 Å². The molecular formula is C4H7OP. The van der Waals surface area contributed by atoms with E-state index in [1.807, 2.05) is 11.9 Å². The Balaban J connectivity index is 2.59. The third kappa shape index (κ3) is 0.721. The zero-order valence-electron chi connectivity index (χ0n) is 3.48. The molecule has 6 heavy (non-hydrogen) atoms. The van der Waals surface area contributed by atoms with Gasteiger partial charge in [0, 0.05) is 6.16 Å². The third-order valence-corrected chi connectivity index (χ3v) is 2.25. The van der Waals surface area contributed by atoms with Crippen molar-refractivity contribution in [2.24, 2.45) is 0 Å². The Labute approximate surface area is 37.8 Å². The maximum Gasteiger partial charge on any atom is 0.0968 e. The highest BCUT2D eigenvalue weighted by atomic mass is 31.1. The first kappa shape index (κ1) is 4.14. The molecule has 0 spiro atoms. The van der Waals surface area contributed by atoms with Crippen molar-refractivity contribution in [3.8, 4) is 0 Å². The highest BCUT2D eigenvalue weighted by Gasteiger charge is 1.96. The van der Waals surface area contributed by atoms with Crippen LogP contribution in [0.5, 0.6) is 0 Å². The number of rotatable bonds is 0. The largest absolute Gasteiger partial charge is 0.323 e. The minimum absolute atomic E-state index is 0.921. The van der Waals surface area contributed by atoms with Gasteiger partial charge in [-0.05, 0) is 12.2 Å². The summed E-state index contributed by atoms with van der Waals surface area (Å²) in [5.41, 5.74) is 0. The Morgan fingerprint density at radius 3 is 2.67 bits per heavy atom. The zero-order chi connectivity index (χ0) is 4.41. The lowest BCUT2D eigenvalue weighted by molar-refractivity contribution is 0.594. The number of allylic oxidation sites excluding steroid dienone is 1. The smallest absolute Gasteiger partial charge is 0.0968 e. The van der Waals surface area contributed by atoms with E-state index in [1.54, 1.807) is 0 Å². The highest BCUT2D eigenvalue weighted by Crippen LogP contribution is 2.28. The molecule has 1 aliphatic heterocycles. The summed E-state index contributed by atoms with van der Waals surface area (Å²) in [6.07, 6.45) is 3.95. The summed E-state index contributed by atoms with van der Waals surface area (Å²) in [5, 5.41) is 0. The summed E-state index contributed by atoms with van der Waals surface area (Å²) in [5.74, 6) is 1.82. The molecule has 1 unspecified atom stereocenters. The molecule has 0 saturated heterocycles. The summed E-state index contributed by atoms with van der Waals surface area (Å²) in [4.78, 5) is 0. The van der Waals surface area contributed by atoms with Gasteiger partial charge in [-0.2, -0.15) is 0 Å². The van der Waals surface area contributed by atoms with Crippen LogP contribution in [0.15, 0.2) is 11.9 Å². The molecule has 1 nitrogen and oxygen atoms in total. The average molecular weight is 102 g/mol. The van der Waals surface area contributed by atoms with Crippen LogP contribution in [0, 0.1) is 0 Å². The average Bonchev–Trinajstić information content (AvgIpc) is 1.86. The highest BCUT2D eigenvalue weighted by molar-refractivity contribution is 7.48. The topological polar surface area (TPSA) is 17.1 Å². The van der Waals surface area contributed by atoms with Gasteiger partial charge in [0.1, 0.15) is 0 Å². The van der Waals surface area contributed by atoms with Gasteiger partial charge in [-0.15, -0.1) is 0 Å². The second-order valence-electron chi connectivity index (χ2n) is 1.41. The zero-order valence-corrected chi connectivity index (χ0v) is 4.48. The molecule has 0 saturated carbocycles. The van der Waals surface area contributed by atoms with Gasteiger partial charge >= 0.3 is 0 Å². The molecule has 1 rings (SSSR count). The second kappa shape index (κ2) is 1.61. The van der Waals surface area contributed by atoms with Crippen LogP contribution in [-0.2, 0) is 4.57 Å². The van der Waals surface area contributed by atoms with Crippen LogP contribution in [-0.4, -0.2) is 6.16 Å². The van der Waals surface area contributed by atoms with Crippen molar-refractivity contribution < 1.29 is 4.57 Å². The Kier molecular flexibility index (Phi) is 1.11. The van der Waals surface area contributed by atoms with Crippen LogP contribution >= 0.6 is 7.80 Å². The molecular weight excluding hydrogens is 95.0 g/mol. The van der Waals surface area contributed by atoms with Gasteiger partial charge < -0.3 is 4.57 Å². The lowest BCUT2D eigenvalue weighted by atomic mass is 10.5. The number of hydrogen-bond acceptors (Lipinski definition) is 1. The first-order valence-electron chi connectivity index (χ1n) is 2.09. The van der Waals surface area contributed by atoms with Gasteiger partial charge in [0.05, 0.1) is 7.80 Å². The van der Waals surface area contributed by atoms with Gasteiger partial charge in [0.2, 0.25) is 0 Å². The SMILES string of the molecule is O=[PH]1C=CCC1. The van der Waals surface area contributed by atoms with Crippen LogP contribution in [0.25, 0.3) is 0 Å².